The van der Waals surface area contributed by atoms with E-state index in [-0.39, 0.29) is 0 Å². The van der Waals surface area contributed by atoms with Crippen molar-refractivity contribution in [2.75, 3.05) is 0 Å². The minimum absolute atomic E-state index is 1.06. The SMILES string of the molecule is c1cc(-c2ccc3[nH]ncc3c2)c2scnc2c1. The first-order valence-corrected chi connectivity index (χ1v) is 6.55. The van der Waals surface area contributed by atoms with Crippen molar-refractivity contribution in [2.45, 2.75) is 0 Å². The van der Waals surface area contributed by atoms with E-state index < -0.39 is 0 Å². The number of fused-ring (bicyclic) bond motifs is 2. The second-order valence-electron chi connectivity index (χ2n) is 4.18. The topological polar surface area (TPSA) is 41.6 Å². The number of thiazole rings is 1. The van der Waals surface area contributed by atoms with E-state index in [2.05, 4.69) is 45.5 Å². The van der Waals surface area contributed by atoms with Crippen molar-refractivity contribution in [1.29, 1.82) is 0 Å². The Labute approximate surface area is 107 Å². The number of hydrogen-bond acceptors (Lipinski definition) is 3. The van der Waals surface area contributed by atoms with Crippen LogP contribution in [0, 0.1) is 0 Å². The molecule has 0 aliphatic rings. The van der Waals surface area contributed by atoms with Gasteiger partial charge in [0.05, 0.1) is 27.4 Å². The molecule has 1 N–H and O–H groups in total. The Kier molecular flexibility index (Phi) is 1.98. The predicted molar refractivity (Wildman–Crippen MR) is 74.7 cm³/mol. The Morgan fingerprint density at radius 1 is 1.11 bits per heavy atom. The highest BCUT2D eigenvalue weighted by molar-refractivity contribution is 7.17. The van der Waals surface area contributed by atoms with Crippen LogP contribution < -0.4 is 0 Å². The molecule has 4 rings (SSSR count). The summed E-state index contributed by atoms with van der Waals surface area (Å²) in [4.78, 5) is 4.36. The minimum atomic E-state index is 1.06. The van der Waals surface area contributed by atoms with Crippen LogP contribution in [0.1, 0.15) is 0 Å². The summed E-state index contributed by atoms with van der Waals surface area (Å²) in [5, 5.41) is 8.16. The summed E-state index contributed by atoms with van der Waals surface area (Å²) >= 11 is 1.68. The van der Waals surface area contributed by atoms with Gasteiger partial charge in [0, 0.05) is 10.9 Å². The minimum Gasteiger partial charge on any atom is -0.278 e. The Balaban J connectivity index is 2.03. The molecule has 4 aromatic rings. The van der Waals surface area contributed by atoms with Gasteiger partial charge in [0.15, 0.2) is 0 Å². The smallest absolute Gasteiger partial charge is 0.0818 e. The van der Waals surface area contributed by atoms with Crippen LogP contribution in [0.4, 0.5) is 0 Å². The average molecular weight is 251 g/mol. The fraction of sp³-hybridized carbons (Fsp3) is 0. The average Bonchev–Trinajstić information content (AvgIpc) is 3.05. The number of aromatic amines is 1. The molecule has 0 spiro atoms. The summed E-state index contributed by atoms with van der Waals surface area (Å²) in [7, 11) is 0. The molecule has 0 atom stereocenters. The largest absolute Gasteiger partial charge is 0.278 e. The molecule has 0 unspecified atom stereocenters. The van der Waals surface area contributed by atoms with Crippen LogP contribution in [0.2, 0.25) is 0 Å². The second-order valence-corrected chi connectivity index (χ2v) is 5.03. The molecule has 3 nitrogen and oxygen atoms in total. The monoisotopic (exact) mass is 251 g/mol. The molecule has 86 valence electrons. The first kappa shape index (κ1) is 9.79. The van der Waals surface area contributed by atoms with E-state index in [0.29, 0.717) is 0 Å². The highest BCUT2D eigenvalue weighted by Crippen LogP contribution is 2.32. The van der Waals surface area contributed by atoms with E-state index in [0.717, 1.165) is 16.4 Å². The molecular weight excluding hydrogens is 242 g/mol. The number of aromatic nitrogens is 3. The second kappa shape index (κ2) is 3.65. The van der Waals surface area contributed by atoms with E-state index in [9.17, 15) is 0 Å². The predicted octanol–water partition coefficient (Wildman–Crippen LogP) is 3.84. The van der Waals surface area contributed by atoms with Crippen LogP contribution in [0.15, 0.2) is 48.1 Å². The number of rotatable bonds is 1. The van der Waals surface area contributed by atoms with Gasteiger partial charge in [-0.25, -0.2) is 4.98 Å². The Morgan fingerprint density at radius 3 is 3.11 bits per heavy atom. The summed E-state index contributed by atoms with van der Waals surface area (Å²) < 4.78 is 1.24. The Bertz CT molecular complexity index is 844. The normalized spacial score (nSPS) is 11.3. The summed E-state index contributed by atoms with van der Waals surface area (Å²) in [6.07, 6.45) is 1.85. The Morgan fingerprint density at radius 2 is 2.11 bits per heavy atom. The van der Waals surface area contributed by atoms with Crippen molar-refractivity contribution in [2.24, 2.45) is 0 Å². The van der Waals surface area contributed by atoms with E-state index >= 15 is 0 Å². The van der Waals surface area contributed by atoms with Crippen LogP contribution in [0.5, 0.6) is 0 Å². The third-order valence-electron chi connectivity index (χ3n) is 3.11. The molecule has 0 radical (unpaired) electrons. The summed E-state index contributed by atoms with van der Waals surface area (Å²) in [6, 6.07) is 12.6. The van der Waals surface area contributed by atoms with Gasteiger partial charge in [0.25, 0.3) is 0 Å². The van der Waals surface area contributed by atoms with Crippen LogP contribution in [-0.4, -0.2) is 15.2 Å². The molecule has 0 aliphatic carbocycles. The molecule has 0 amide bonds. The summed E-state index contributed by atoms with van der Waals surface area (Å²) in [5.74, 6) is 0. The van der Waals surface area contributed by atoms with Gasteiger partial charge < -0.3 is 0 Å². The number of benzene rings is 2. The van der Waals surface area contributed by atoms with Crippen molar-refractivity contribution in [1.82, 2.24) is 15.2 Å². The van der Waals surface area contributed by atoms with Gasteiger partial charge in [0.1, 0.15) is 0 Å². The number of nitrogens with one attached hydrogen (secondary N) is 1. The molecule has 2 aromatic heterocycles. The maximum atomic E-state index is 4.36. The molecule has 0 saturated carbocycles. The highest BCUT2D eigenvalue weighted by atomic mass is 32.1. The maximum absolute atomic E-state index is 4.36. The van der Waals surface area contributed by atoms with Crippen LogP contribution in [-0.2, 0) is 0 Å². The number of nitrogens with zero attached hydrogens (tertiary/aromatic N) is 2. The third kappa shape index (κ3) is 1.36. The van der Waals surface area contributed by atoms with Crippen LogP contribution in [0.3, 0.4) is 0 Å². The lowest BCUT2D eigenvalue weighted by Crippen LogP contribution is -1.78. The quantitative estimate of drug-likeness (QED) is 0.558. The summed E-state index contributed by atoms with van der Waals surface area (Å²) in [6.45, 7) is 0. The number of hydrogen-bond donors (Lipinski definition) is 1. The van der Waals surface area contributed by atoms with E-state index in [4.69, 9.17) is 0 Å². The molecule has 0 aliphatic heterocycles. The standard InChI is InChI=1S/C14H9N3S/c1-2-11(14-13(3-1)15-8-18-14)9-4-5-12-10(6-9)7-16-17-12/h1-8H,(H,16,17). The molecule has 18 heavy (non-hydrogen) atoms. The first-order valence-electron chi connectivity index (χ1n) is 5.67. The lowest BCUT2D eigenvalue weighted by atomic mass is 10.0. The van der Waals surface area contributed by atoms with Gasteiger partial charge in [-0.05, 0) is 23.8 Å². The van der Waals surface area contributed by atoms with Gasteiger partial charge in [0.2, 0.25) is 0 Å². The molecule has 0 fully saturated rings. The maximum Gasteiger partial charge on any atom is 0.0818 e. The third-order valence-corrected chi connectivity index (χ3v) is 3.98. The molecule has 2 heterocycles. The zero-order chi connectivity index (χ0) is 11.9. The number of H-pyrrole nitrogens is 1. The molecule has 4 heteroatoms. The lowest BCUT2D eigenvalue weighted by Gasteiger charge is -2.02. The fourth-order valence-corrected chi connectivity index (χ4v) is 3.05. The lowest BCUT2D eigenvalue weighted by molar-refractivity contribution is 1.12. The fourth-order valence-electron chi connectivity index (χ4n) is 2.22. The molecule has 0 bridgehead atoms. The van der Waals surface area contributed by atoms with Crippen molar-refractivity contribution in [3.05, 3.63) is 48.1 Å². The van der Waals surface area contributed by atoms with Crippen molar-refractivity contribution in [3.8, 4) is 11.1 Å². The Hall–Kier alpha value is -2.20. The molecule has 2 aromatic carbocycles. The van der Waals surface area contributed by atoms with E-state index in [1.807, 2.05) is 17.8 Å². The zero-order valence-electron chi connectivity index (χ0n) is 9.42. The van der Waals surface area contributed by atoms with Crippen molar-refractivity contribution >= 4 is 32.5 Å². The van der Waals surface area contributed by atoms with Gasteiger partial charge in [-0.1, -0.05) is 18.2 Å². The van der Waals surface area contributed by atoms with E-state index in [1.54, 1.807) is 11.3 Å². The van der Waals surface area contributed by atoms with Gasteiger partial charge >= 0.3 is 0 Å². The summed E-state index contributed by atoms with van der Waals surface area (Å²) in [5.41, 5.74) is 6.46. The van der Waals surface area contributed by atoms with Crippen LogP contribution >= 0.6 is 11.3 Å². The highest BCUT2D eigenvalue weighted by Gasteiger charge is 2.06. The van der Waals surface area contributed by atoms with E-state index in [1.165, 1.54) is 15.8 Å². The van der Waals surface area contributed by atoms with Gasteiger partial charge in [-0.3, -0.25) is 5.10 Å². The molecule has 0 saturated heterocycles. The van der Waals surface area contributed by atoms with Crippen molar-refractivity contribution in [3.63, 3.8) is 0 Å². The first-order chi connectivity index (χ1) is 8.92. The van der Waals surface area contributed by atoms with Gasteiger partial charge in [-0.15, -0.1) is 11.3 Å². The van der Waals surface area contributed by atoms with Gasteiger partial charge in [-0.2, -0.15) is 5.10 Å². The van der Waals surface area contributed by atoms with Crippen molar-refractivity contribution < 1.29 is 0 Å². The van der Waals surface area contributed by atoms with Crippen LogP contribution in [0.25, 0.3) is 32.2 Å². The molecular formula is C14H9N3S. The zero-order valence-corrected chi connectivity index (χ0v) is 10.2.